The maximum Gasteiger partial charge on any atom is 0.281 e. The number of aliphatic hydroxyl groups is 1. The highest BCUT2D eigenvalue weighted by Gasteiger charge is 2.23. The van der Waals surface area contributed by atoms with Crippen molar-refractivity contribution in [3.05, 3.63) is 39.7 Å². The van der Waals surface area contributed by atoms with Crippen LogP contribution in [0.3, 0.4) is 0 Å². The van der Waals surface area contributed by atoms with Gasteiger partial charge in [0.15, 0.2) is 0 Å². The van der Waals surface area contributed by atoms with Gasteiger partial charge in [0.1, 0.15) is 5.82 Å². The van der Waals surface area contributed by atoms with Crippen molar-refractivity contribution in [1.82, 2.24) is 10.2 Å². The summed E-state index contributed by atoms with van der Waals surface area (Å²) in [6.07, 6.45) is 0. The van der Waals surface area contributed by atoms with Crippen molar-refractivity contribution in [2.75, 3.05) is 4.72 Å². The lowest BCUT2D eigenvalue weighted by molar-refractivity contribution is 0.277. The Balaban J connectivity index is 2.38. The summed E-state index contributed by atoms with van der Waals surface area (Å²) < 4.78 is 40.1. The Morgan fingerprint density at radius 3 is 2.80 bits per heavy atom. The molecule has 20 heavy (non-hydrogen) atoms. The zero-order valence-corrected chi connectivity index (χ0v) is 12.7. The molecule has 3 N–H and O–H groups in total. The summed E-state index contributed by atoms with van der Waals surface area (Å²) in [6, 6.07) is 3.83. The number of aromatic nitrogens is 2. The lowest BCUT2D eigenvalue weighted by Gasteiger charge is -2.07. The summed E-state index contributed by atoms with van der Waals surface area (Å²) >= 11 is 2.98. The first-order chi connectivity index (χ1) is 9.35. The van der Waals surface area contributed by atoms with Crippen LogP contribution >= 0.6 is 15.9 Å². The Morgan fingerprint density at radius 1 is 1.50 bits per heavy atom. The number of hydrogen-bond acceptors (Lipinski definition) is 4. The fraction of sp³-hybridized carbons (Fsp3) is 0.182. The molecule has 0 aliphatic heterocycles. The molecule has 9 heteroatoms. The number of benzene rings is 1. The topological polar surface area (TPSA) is 95.1 Å². The van der Waals surface area contributed by atoms with E-state index in [0.29, 0.717) is 5.69 Å². The van der Waals surface area contributed by atoms with Crippen LogP contribution in [0, 0.1) is 12.7 Å². The molecule has 0 atom stereocenters. The Morgan fingerprint density at radius 2 is 2.20 bits per heavy atom. The van der Waals surface area contributed by atoms with Crippen LogP contribution in [0.4, 0.5) is 10.1 Å². The van der Waals surface area contributed by atoms with E-state index in [-0.39, 0.29) is 20.7 Å². The number of sulfonamides is 1. The van der Waals surface area contributed by atoms with Gasteiger partial charge in [0, 0.05) is 11.3 Å². The second-order valence-electron chi connectivity index (χ2n) is 4.02. The van der Waals surface area contributed by atoms with Gasteiger partial charge < -0.3 is 5.11 Å². The average molecular weight is 364 g/mol. The molecule has 0 aliphatic rings. The molecule has 0 amide bonds. The van der Waals surface area contributed by atoms with Gasteiger partial charge in [-0.05, 0) is 41.1 Å². The summed E-state index contributed by atoms with van der Waals surface area (Å²) in [4.78, 5) is 0. The molecule has 0 unspecified atom stereocenters. The number of aliphatic hydroxyl groups excluding tert-OH is 1. The summed E-state index contributed by atoms with van der Waals surface area (Å²) in [5.74, 6) is -0.592. The molecule has 2 aromatic rings. The number of H-pyrrole nitrogens is 1. The summed E-state index contributed by atoms with van der Waals surface area (Å²) in [6.45, 7) is 1.13. The molecule has 1 aromatic heterocycles. The highest BCUT2D eigenvalue weighted by molar-refractivity contribution is 9.10. The van der Waals surface area contributed by atoms with Crippen molar-refractivity contribution >= 4 is 31.6 Å². The maximum atomic E-state index is 13.4. The fourth-order valence-corrected chi connectivity index (χ4v) is 3.09. The number of nitrogens with zero attached hydrogens (tertiary/aromatic N) is 1. The SMILES string of the molecule is Cc1[nH]nc(S(=O)(=O)Nc2ccc(Br)c(F)c2)c1CO. The molecule has 2 rings (SSSR count). The van der Waals surface area contributed by atoms with Crippen molar-refractivity contribution in [2.24, 2.45) is 0 Å². The molecule has 0 aliphatic carbocycles. The first kappa shape index (κ1) is 14.9. The number of nitrogens with one attached hydrogen (secondary N) is 2. The molecule has 0 saturated carbocycles. The number of aromatic amines is 1. The van der Waals surface area contributed by atoms with Crippen LogP contribution in [0.1, 0.15) is 11.3 Å². The van der Waals surface area contributed by atoms with E-state index in [9.17, 15) is 17.9 Å². The van der Waals surface area contributed by atoms with Gasteiger partial charge in [0.25, 0.3) is 10.0 Å². The van der Waals surface area contributed by atoms with Gasteiger partial charge in [-0.3, -0.25) is 9.82 Å². The number of aryl methyl sites for hydroxylation is 1. The highest BCUT2D eigenvalue weighted by Crippen LogP contribution is 2.23. The number of anilines is 1. The molecule has 0 bridgehead atoms. The van der Waals surface area contributed by atoms with Crippen LogP contribution in [0.2, 0.25) is 0 Å². The van der Waals surface area contributed by atoms with E-state index in [0.717, 1.165) is 6.07 Å². The smallest absolute Gasteiger partial charge is 0.281 e. The van der Waals surface area contributed by atoms with Gasteiger partial charge in [-0.1, -0.05) is 0 Å². The van der Waals surface area contributed by atoms with Crippen LogP contribution in [-0.4, -0.2) is 23.7 Å². The zero-order valence-electron chi connectivity index (χ0n) is 10.3. The number of rotatable bonds is 4. The van der Waals surface area contributed by atoms with Crippen molar-refractivity contribution in [3.63, 3.8) is 0 Å². The van der Waals surface area contributed by atoms with Gasteiger partial charge in [0.2, 0.25) is 5.03 Å². The van der Waals surface area contributed by atoms with E-state index in [1.165, 1.54) is 12.1 Å². The van der Waals surface area contributed by atoms with Crippen molar-refractivity contribution in [3.8, 4) is 0 Å². The minimum Gasteiger partial charge on any atom is -0.392 e. The maximum absolute atomic E-state index is 13.4. The molecule has 0 saturated heterocycles. The van der Waals surface area contributed by atoms with E-state index >= 15 is 0 Å². The molecule has 0 spiro atoms. The molecule has 0 radical (unpaired) electrons. The minimum absolute atomic E-state index is 0.0650. The fourth-order valence-electron chi connectivity index (χ4n) is 1.60. The molecule has 0 fully saturated rings. The Hall–Kier alpha value is -1.45. The second-order valence-corrected chi connectivity index (χ2v) is 6.48. The van der Waals surface area contributed by atoms with Gasteiger partial charge in [-0.2, -0.15) is 13.5 Å². The Kier molecular flexibility index (Phi) is 4.11. The Labute approximate surface area is 123 Å². The summed E-state index contributed by atoms with van der Waals surface area (Å²) in [5.41, 5.74) is 0.695. The van der Waals surface area contributed by atoms with Crippen LogP contribution in [-0.2, 0) is 16.6 Å². The first-order valence-corrected chi connectivity index (χ1v) is 7.75. The van der Waals surface area contributed by atoms with E-state index in [4.69, 9.17) is 0 Å². The predicted molar refractivity (Wildman–Crippen MR) is 74.2 cm³/mol. The standard InChI is InChI=1S/C11H11BrFN3O3S/c1-6-8(5-17)11(15-14-6)20(18,19)16-7-2-3-9(12)10(13)4-7/h2-4,16-17H,5H2,1H3,(H,14,15). The van der Waals surface area contributed by atoms with Gasteiger partial charge in [-0.15, -0.1) is 0 Å². The molecule has 1 aromatic carbocycles. The van der Waals surface area contributed by atoms with Gasteiger partial charge in [0.05, 0.1) is 16.8 Å². The van der Waals surface area contributed by atoms with Crippen LogP contribution in [0.15, 0.2) is 27.7 Å². The number of halogens is 2. The quantitative estimate of drug-likeness (QED) is 0.773. The molecule has 6 nitrogen and oxygen atoms in total. The lowest BCUT2D eigenvalue weighted by Crippen LogP contribution is -2.15. The third-order valence-corrected chi connectivity index (χ3v) is 4.61. The average Bonchev–Trinajstić information content (AvgIpc) is 2.75. The van der Waals surface area contributed by atoms with E-state index in [1.807, 2.05) is 0 Å². The lowest BCUT2D eigenvalue weighted by atomic mass is 10.3. The molecule has 108 valence electrons. The van der Waals surface area contributed by atoms with Crippen LogP contribution < -0.4 is 4.72 Å². The monoisotopic (exact) mass is 363 g/mol. The molecular formula is C11H11BrFN3O3S. The number of hydrogen-bond donors (Lipinski definition) is 3. The second kappa shape index (κ2) is 5.51. The Bertz CT molecular complexity index is 745. The van der Waals surface area contributed by atoms with Crippen molar-refractivity contribution in [2.45, 2.75) is 18.6 Å². The largest absolute Gasteiger partial charge is 0.392 e. The van der Waals surface area contributed by atoms with Gasteiger partial charge in [-0.25, -0.2) is 4.39 Å². The molecular weight excluding hydrogens is 353 g/mol. The van der Waals surface area contributed by atoms with E-state index < -0.39 is 22.4 Å². The van der Waals surface area contributed by atoms with Crippen molar-refractivity contribution in [1.29, 1.82) is 0 Å². The van der Waals surface area contributed by atoms with E-state index in [1.54, 1.807) is 6.92 Å². The first-order valence-electron chi connectivity index (χ1n) is 5.47. The third kappa shape index (κ3) is 2.84. The van der Waals surface area contributed by atoms with Crippen LogP contribution in [0.25, 0.3) is 0 Å². The zero-order chi connectivity index (χ0) is 14.9. The van der Waals surface area contributed by atoms with Gasteiger partial charge >= 0.3 is 0 Å². The van der Waals surface area contributed by atoms with Crippen molar-refractivity contribution < 1.29 is 17.9 Å². The third-order valence-electron chi connectivity index (χ3n) is 2.62. The summed E-state index contributed by atoms with van der Waals surface area (Å²) in [7, 11) is -4.00. The predicted octanol–water partition coefficient (Wildman–Crippen LogP) is 1.91. The van der Waals surface area contributed by atoms with E-state index in [2.05, 4.69) is 30.8 Å². The minimum atomic E-state index is -4.00. The van der Waals surface area contributed by atoms with Crippen LogP contribution in [0.5, 0.6) is 0 Å². The molecule has 1 heterocycles. The summed E-state index contributed by atoms with van der Waals surface area (Å²) in [5, 5.41) is 15.0. The normalized spacial score (nSPS) is 11.6. The highest BCUT2D eigenvalue weighted by atomic mass is 79.9.